The molecule has 6 nitrogen and oxygen atoms in total. The van der Waals surface area contributed by atoms with E-state index in [2.05, 4.69) is 26.1 Å². The number of nitrogens with zero attached hydrogens (tertiary/aromatic N) is 2. The van der Waals surface area contributed by atoms with Gasteiger partial charge in [-0.05, 0) is 55.0 Å². The smallest absolute Gasteiger partial charge is 0.259 e. The number of hydrogen-bond acceptors (Lipinski definition) is 4. The first-order valence-corrected chi connectivity index (χ1v) is 12.2. The molecule has 2 amide bonds. The van der Waals surface area contributed by atoms with Crippen molar-refractivity contribution in [3.63, 3.8) is 0 Å². The maximum atomic E-state index is 14.1. The van der Waals surface area contributed by atoms with E-state index in [1.54, 1.807) is 35.2 Å². The van der Waals surface area contributed by atoms with Gasteiger partial charge in [0.2, 0.25) is 0 Å². The minimum atomic E-state index is -0.527. The van der Waals surface area contributed by atoms with Crippen LogP contribution in [0.4, 0.5) is 15.8 Å². The molecule has 1 aliphatic heterocycles. The lowest BCUT2D eigenvalue weighted by Crippen LogP contribution is -2.49. The highest BCUT2D eigenvalue weighted by atomic mass is 79.9. The van der Waals surface area contributed by atoms with Gasteiger partial charge in [-0.15, -0.1) is 0 Å². The molecule has 0 saturated carbocycles. The van der Waals surface area contributed by atoms with Crippen molar-refractivity contribution in [2.24, 2.45) is 0 Å². The van der Waals surface area contributed by atoms with Crippen molar-refractivity contribution in [2.45, 2.75) is 6.92 Å². The lowest BCUT2D eigenvalue weighted by molar-refractivity contribution is 0.0742. The molecule has 1 heterocycles. The van der Waals surface area contributed by atoms with E-state index in [1.165, 1.54) is 19.2 Å². The highest BCUT2D eigenvalue weighted by molar-refractivity contribution is 9.10. The number of carbonyl (C=O) groups excluding carboxylic acids is 2. The van der Waals surface area contributed by atoms with E-state index in [1.807, 2.05) is 19.1 Å². The van der Waals surface area contributed by atoms with Gasteiger partial charge in [0.25, 0.3) is 11.8 Å². The Balaban J connectivity index is 1.53. The monoisotopic (exact) mass is 559 g/mol. The molecule has 0 unspecified atom stereocenters. The molecule has 35 heavy (non-hydrogen) atoms. The van der Waals surface area contributed by atoms with Gasteiger partial charge in [0.15, 0.2) is 0 Å². The van der Waals surface area contributed by atoms with E-state index >= 15 is 0 Å². The number of anilines is 2. The third-order valence-electron chi connectivity index (χ3n) is 5.91. The van der Waals surface area contributed by atoms with E-state index in [4.69, 9.17) is 16.3 Å². The van der Waals surface area contributed by atoms with Crippen LogP contribution < -0.4 is 15.0 Å². The molecule has 1 N–H and O–H groups in total. The summed E-state index contributed by atoms with van der Waals surface area (Å²) in [6.45, 7) is 3.74. The molecule has 0 aromatic heterocycles. The Kier molecular flexibility index (Phi) is 7.62. The Labute approximate surface area is 216 Å². The minimum absolute atomic E-state index is 0.0682. The number of piperazine rings is 1. The summed E-state index contributed by atoms with van der Waals surface area (Å²) in [5.41, 5.74) is 2.63. The Bertz CT molecular complexity index is 1280. The van der Waals surface area contributed by atoms with Crippen LogP contribution in [0.5, 0.6) is 5.75 Å². The Morgan fingerprint density at radius 3 is 2.43 bits per heavy atom. The average Bonchev–Trinajstić information content (AvgIpc) is 2.84. The third-order valence-corrected chi connectivity index (χ3v) is 6.60. The molecule has 0 radical (unpaired) electrons. The molecule has 3 aromatic carbocycles. The number of amides is 2. The zero-order valence-corrected chi connectivity index (χ0v) is 21.6. The lowest BCUT2D eigenvalue weighted by Gasteiger charge is -2.37. The van der Waals surface area contributed by atoms with Gasteiger partial charge in [0.1, 0.15) is 11.6 Å². The number of ether oxygens (including phenoxy) is 1. The SMILES string of the molecule is COc1c(C)cc(Br)cc1C(=O)Nc1cc(Cl)ccc1N1CCN(C(=O)c2ccccc2F)CC1. The largest absolute Gasteiger partial charge is 0.496 e. The fourth-order valence-corrected chi connectivity index (χ4v) is 4.94. The predicted octanol–water partition coefficient (Wildman–Crippen LogP) is 5.77. The van der Waals surface area contributed by atoms with Gasteiger partial charge < -0.3 is 19.9 Å². The number of benzene rings is 3. The van der Waals surface area contributed by atoms with Gasteiger partial charge in [-0.3, -0.25) is 9.59 Å². The van der Waals surface area contributed by atoms with Crippen molar-refractivity contribution in [3.05, 3.63) is 86.6 Å². The second-order valence-electron chi connectivity index (χ2n) is 8.18. The molecule has 9 heteroatoms. The summed E-state index contributed by atoms with van der Waals surface area (Å²) in [5, 5.41) is 3.45. The average molecular weight is 561 g/mol. The normalized spacial score (nSPS) is 13.5. The highest BCUT2D eigenvalue weighted by Crippen LogP contribution is 2.33. The molecule has 0 aliphatic carbocycles. The van der Waals surface area contributed by atoms with Crippen LogP contribution in [0.3, 0.4) is 0 Å². The number of rotatable bonds is 5. The first-order valence-electron chi connectivity index (χ1n) is 11.0. The molecular formula is C26H24BrClFN3O3. The maximum absolute atomic E-state index is 14.1. The molecule has 1 saturated heterocycles. The summed E-state index contributed by atoms with van der Waals surface area (Å²) in [7, 11) is 1.53. The number of methoxy groups -OCH3 is 1. The number of hydrogen-bond donors (Lipinski definition) is 1. The van der Waals surface area contributed by atoms with Crippen LogP contribution in [0.15, 0.2) is 59.1 Å². The number of carbonyl (C=O) groups is 2. The molecular weight excluding hydrogens is 537 g/mol. The Morgan fingerprint density at radius 1 is 1.03 bits per heavy atom. The second-order valence-corrected chi connectivity index (χ2v) is 9.53. The number of halogens is 3. The fourth-order valence-electron chi connectivity index (χ4n) is 4.20. The van der Waals surface area contributed by atoms with Crippen LogP contribution in [0.25, 0.3) is 0 Å². The van der Waals surface area contributed by atoms with Crippen molar-refractivity contribution < 1.29 is 18.7 Å². The second kappa shape index (κ2) is 10.7. The number of nitrogens with one attached hydrogen (secondary N) is 1. The lowest BCUT2D eigenvalue weighted by atomic mass is 10.1. The standard InChI is InChI=1S/C26H24BrClFN3O3/c1-16-13-17(27)14-20(24(16)35-2)25(33)30-22-15-18(28)7-8-23(22)31-9-11-32(12-10-31)26(34)19-5-3-4-6-21(19)29/h3-8,13-15H,9-12H2,1-2H3,(H,30,33). The van der Waals surface area contributed by atoms with Crippen LogP contribution in [-0.4, -0.2) is 50.0 Å². The first-order chi connectivity index (χ1) is 16.8. The third kappa shape index (κ3) is 5.44. The summed E-state index contributed by atoms with van der Waals surface area (Å²) in [6, 6.07) is 14.9. The fraction of sp³-hybridized carbons (Fsp3) is 0.231. The molecule has 182 valence electrons. The summed E-state index contributed by atoms with van der Waals surface area (Å²) in [4.78, 5) is 29.7. The maximum Gasteiger partial charge on any atom is 0.259 e. The van der Waals surface area contributed by atoms with Gasteiger partial charge in [0.05, 0.1) is 29.6 Å². The molecule has 3 aromatic rings. The molecule has 0 atom stereocenters. The van der Waals surface area contributed by atoms with E-state index in [9.17, 15) is 14.0 Å². The van der Waals surface area contributed by atoms with E-state index in [0.717, 1.165) is 15.7 Å². The van der Waals surface area contributed by atoms with E-state index in [0.29, 0.717) is 48.2 Å². The molecule has 1 fully saturated rings. The van der Waals surface area contributed by atoms with Gasteiger partial charge >= 0.3 is 0 Å². The minimum Gasteiger partial charge on any atom is -0.496 e. The van der Waals surface area contributed by atoms with Crippen LogP contribution in [-0.2, 0) is 0 Å². The number of aryl methyl sites for hydroxylation is 1. The van der Waals surface area contributed by atoms with Gasteiger partial charge in [-0.25, -0.2) is 4.39 Å². The van der Waals surface area contributed by atoms with Crippen molar-refractivity contribution >= 4 is 50.7 Å². The summed E-state index contributed by atoms with van der Waals surface area (Å²) >= 11 is 9.69. The van der Waals surface area contributed by atoms with Crippen LogP contribution in [0.1, 0.15) is 26.3 Å². The molecule has 1 aliphatic rings. The Hall–Kier alpha value is -3.10. The van der Waals surface area contributed by atoms with Crippen LogP contribution in [0.2, 0.25) is 5.02 Å². The zero-order chi connectivity index (χ0) is 25.1. The summed E-state index contributed by atoms with van der Waals surface area (Å²) in [5.74, 6) is -0.692. The quantitative estimate of drug-likeness (QED) is 0.430. The molecule has 0 bridgehead atoms. The predicted molar refractivity (Wildman–Crippen MR) is 139 cm³/mol. The van der Waals surface area contributed by atoms with Crippen LogP contribution in [0, 0.1) is 12.7 Å². The van der Waals surface area contributed by atoms with Crippen molar-refractivity contribution in [3.8, 4) is 5.75 Å². The first kappa shape index (κ1) is 25.0. The van der Waals surface area contributed by atoms with Crippen molar-refractivity contribution in [2.75, 3.05) is 43.5 Å². The highest BCUT2D eigenvalue weighted by Gasteiger charge is 2.26. The van der Waals surface area contributed by atoms with E-state index in [-0.39, 0.29) is 17.4 Å². The Morgan fingerprint density at radius 2 is 1.74 bits per heavy atom. The zero-order valence-electron chi connectivity index (χ0n) is 19.3. The summed E-state index contributed by atoms with van der Waals surface area (Å²) in [6.07, 6.45) is 0. The topological polar surface area (TPSA) is 61.9 Å². The molecule has 0 spiro atoms. The van der Waals surface area contributed by atoms with E-state index < -0.39 is 5.82 Å². The van der Waals surface area contributed by atoms with Crippen molar-refractivity contribution in [1.29, 1.82) is 0 Å². The van der Waals surface area contributed by atoms with Gasteiger partial charge in [-0.1, -0.05) is 39.7 Å². The summed E-state index contributed by atoms with van der Waals surface area (Å²) < 4.78 is 20.3. The van der Waals surface area contributed by atoms with Gasteiger partial charge in [0, 0.05) is 35.7 Å². The van der Waals surface area contributed by atoms with Crippen LogP contribution >= 0.6 is 27.5 Å². The van der Waals surface area contributed by atoms with Crippen molar-refractivity contribution in [1.82, 2.24) is 4.90 Å². The molecule has 4 rings (SSSR count). The van der Waals surface area contributed by atoms with Gasteiger partial charge in [-0.2, -0.15) is 0 Å².